The molecule has 0 aliphatic rings. The lowest BCUT2D eigenvalue weighted by molar-refractivity contribution is 0.273. The van der Waals surface area contributed by atoms with Gasteiger partial charge in [0.1, 0.15) is 0 Å². The van der Waals surface area contributed by atoms with Crippen LogP contribution in [0.2, 0.25) is 0 Å². The van der Waals surface area contributed by atoms with Crippen LogP contribution >= 0.6 is 0 Å². The summed E-state index contributed by atoms with van der Waals surface area (Å²) in [5.74, 6) is 0. The highest BCUT2D eigenvalue weighted by atomic mass is 16.3. The summed E-state index contributed by atoms with van der Waals surface area (Å²) >= 11 is 0. The first-order valence-electron chi connectivity index (χ1n) is 4.22. The van der Waals surface area contributed by atoms with E-state index in [4.69, 9.17) is 5.11 Å². The minimum Gasteiger partial charge on any atom is -0.395 e. The minimum atomic E-state index is 0.193. The molecule has 0 aromatic carbocycles. The Morgan fingerprint density at radius 2 is 2.42 bits per heavy atom. The van der Waals surface area contributed by atoms with Crippen LogP contribution in [0.1, 0.15) is 18.7 Å². The lowest BCUT2D eigenvalue weighted by Gasteiger charge is -2.13. The molecule has 0 aliphatic carbocycles. The van der Waals surface area contributed by atoms with E-state index < -0.39 is 0 Å². The highest BCUT2D eigenvalue weighted by molar-refractivity contribution is 5.11. The number of aliphatic hydroxyl groups excluding tert-OH is 1. The summed E-state index contributed by atoms with van der Waals surface area (Å²) in [6.07, 6.45) is 1.99. The van der Waals surface area contributed by atoms with Crippen molar-refractivity contribution in [2.75, 3.05) is 13.7 Å². The smallest absolute Gasteiger partial charge is 0.0610 e. The quantitative estimate of drug-likeness (QED) is 0.696. The van der Waals surface area contributed by atoms with E-state index in [2.05, 4.69) is 22.9 Å². The Morgan fingerprint density at radius 1 is 1.67 bits per heavy atom. The van der Waals surface area contributed by atoms with Crippen LogP contribution in [0.5, 0.6) is 0 Å². The van der Waals surface area contributed by atoms with Crippen molar-refractivity contribution < 1.29 is 5.11 Å². The summed E-state index contributed by atoms with van der Waals surface area (Å²) in [6.45, 7) is 2.97. The van der Waals surface area contributed by atoms with E-state index in [1.54, 1.807) is 0 Å². The lowest BCUT2D eigenvalue weighted by Crippen LogP contribution is -2.17. The van der Waals surface area contributed by atoms with Crippen molar-refractivity contribution in [3.05, 3.63) is 24.0 Å². The van der Waals surface area contributed by atoms with Crippen molar-refractivity contribution in [1.82, 2.24) is 9.88 Å². The fourth-order valence-corrected chi connectivity index (χ4v) is 1.28. The lowest BCUT2D eigenvalue weighted by atomic mass is 10.2. The van der Waals surface area contributed by atoms with Crippen LogP contribution in [-0.4, -0.2) is 23.3 Å². The molecule has 0 saturated heterocycles. The highest BCUT2D eigenvalue weighted by Crippen LogP contribution is 2.11. The van der Waals surface area contributed by atoms with E-state index in [-0.39, 0.29) is 6.61 Å². The van der Waals surface area contributed by atoms with E-state index in [1.165, 1.54) is 5.69 Å². The van der Waals surface area contributed by atoms with Crippen LogP contribution in [0.3, 0.4) is 0 Å². The predicted molar refractivity (Wildman–Crippen MR) is 49.0 cm³/mol. The number of hydrogen-bond acceptors (Lipinski definition) is 2. The molecule has 1 aromatic heterocycles. The molecular formula is C9H16N2O. The maximum absolute atomic E-state index is 8.78. The summed E-state index contributed by atoms with van der Waals surface area (Å²) < 4.78 is 2.06. The SMILES string of the molecule is CNC(C)c1cccn1CCO. The summed E-state index contributed by atoms with van der Waals surface area (Å²) in [5.41, 5.74) is 1.21. The molecule has 1 unspecified atom stereocenters. The fraction of sp³-hybridized carbons (Fsp3) is 0.556. The zero-order chi connectivity index (χ0) is 8.97. The number of nitrogens with zero attached hydrogens (tertiary/aromatic N) is 1. The Morgan fingerprint density at radius 3 is 3.00 bits per heavy atom. The van der Waals surface area contributed by atoms with E-state index in [1.807, 2.05) is 19.3 Å². The molecule has 0 saturated carbocycles. The summed E-state index contributed by atoms with van der Waals surface area (Å²) in [5, 5.41) is 11.9. The van der Waals surface area contributed by atoms with Crippen molar-refractivity contribution in [2.45, 2.75) is 19.5 Å². The Hall–Kier alpha value is -0.800. The van der Waals surface area contributed by atoms with Crippen LogP contribution in [0.4, 0.5) is 0 Å². The molecule has 0 aliphatic heterocycles. The van der Waals surface area contributed by atoms with Crippen LogP contribution < -0.4 is 5.32 Å². The number of aliphatic hydroxyl groups is 1. The van der Waals surface area contributed by atoms with E-state index >= 15 is 0 Å². The molecule has 12 heavy (non-hydrogen) atoms. The average molecular weight is 168 g/mol. The normalized spacial score (nSPS) is 13.2. The standard InChI is InChI=1S/C9H16N2O/c1-8(10-2)9-4-3-5-11(9)6-7-12/h3-5,8,10,12H,6-7H2,1-2H3. The van der Waals surface area contributed by atoms with Gasteiger partial charge in [-0.15, -0.1) is 0 Å². The van der Waals surface area contributed by atoms with Crippen molar-refractivity contribution in [3.8, 4) is 0 Å². The third-order valence-corrected chi connectivity index (χ3v) is 2.08. The van der Waals surface area contributed by atoms with Gasteiger partial charge in [-0.2, -0.15) is 0 Å². The van der Waals surface area contributed by atoms with Crippen molar-refractivity contribution >= 4 is 0 Å². The predicted octanol–water partition coefficient (Wildman–Crippen LogP) is 0.761. The molecule has 0 radical (unpaired) electrons. The van der Waals surface area contributed by atoms with Crippen molar-refractivity contribution in [3.63, 3.8) is 0 Å². The number of nitrogens with one attached hydrogen (secondary N) is 1. The molecule has 1 rings (SSSR count). The van der Waals surface area contributed by atoms with Crippen LogP contribution in [-0.2, 0) is 6.54 Å². The summed E-state index contributed by atoms with van der Waals surface area (Å²) in [4.78, 5) is 0. The zero-order valence-corrected chi connectivity index (χ0v) is 7.62. The van der Waals surface area contributed by atoms with E-state index in [9.17, 15) is 0 Å². The zero-order valence-electron chi connectivity index (χ0n) is 7.62. The third-order valence-electron chi connectivity index (χ3n) is 2.08. The molecule has 3 nitrogen and oxygen atoms in total. The first-order valence-corrected chi connectivity index (χ1v) is 4.22. The van der Waals surface area contributed by atoms with E-state index in [0.29, 0.717) is 12.6 Å². The van der Waals surface area contributed by atoms with Crippen molar-refractivity contribution in [2.24, 2.45) is 0 Å². The van der Waals surface area contributed by atoms with Crippen LogP contribution in [0, 0.1) is 0 Å². The fourth-order valence-electron chi connectivity index (χ4n) is 1.28. The van der Waals surface area contributed by atoms with Gasteiger partial charge in [-0.1, -0.05) is 0 Å². The second kappa shape index (κ2) is 4.28. The summed E-state index contributed by atoms with van der Waals surface area (Å²) in [6, 6.07) is 4.40. The molecule has 3 heteroatoms. The number of hydrogen-bond donors (Lipinski definition) is 2. The molecule has 0 fully saturated rings. The van der Waals surface area contributed by atoms with Gasteiger partial charge in [0, 0.05) is 24.5 Å². The molecule has 0 amide bonds. The molecule has 1 heterocycles. The Labute approximate surface area is 73.0 Å². The molecular weight excluding hydrogens is 152 g/mol. The van der Waals surface area contributed by atoms with Gasteiger partial charge < -0.3 is 15.0 Å². The molecule has 1 atom stereocenters. The Balaban J connectivity index is 2.76. The molecule has 1 aromatic rings. The largest absolute Gasteiger partial charge is 0.395 e. The number of rotatable bonds is 4. The maximum atomic E-state index is 8.78. The van der Waals surface area contributed by atoms with Crippen LogP contribution in [0.15, 0.2) is 18.3 Å². The van der Waals surface area contributed by atoms with Gasteiger partial charge in [-0.05, 0) is 26.1 Å². The monoisotopic (exact) mass is 168 g/mol. The second-order valence-corrected chi connectivity index (χ2v) is 2.86. The van der Waals surface area contributed by atoms with Gasteiger partial charge >= 0.3 is 0 Å². The third kappa shape index (κ3) is 1.87. The Kier molecular flexibility index (Phi) is 3.31. The van der Waals surface area contributed by atoms with Gasteiger partial charge in [-0.3, -0.25) is 0 Å². The molecule has 0 bridgehead atoms. The van der Waals surface area contributed by atoms with Gasteiger partial charge in [0.2, 0.25) is 0 Å². The van der Waals surface area contributed by atoms with Gasteiger partial charge in [0.05, 0.1) is 6.61 Å². The maximum Gasteiger partial charge on any atom is 0.0610 e. The highest BCUT2D eigenvalue weighted by Gasteiger charge is 2.06. The second-order valence-electron chi connectivity index (χ2n) is 2.86. The van der Waals surface area contributed by atoms with E-state index in [0.717, 1.165) is 0 Å². The minimum absolute atomic E-state index is 0.193. The molecule has 0 spiro atoms. The topological polar surface area (TPSA) is 37.2 Å². The molecule has 2 N–H and O–H groups in total. The first-order chi connectivity index (χ1) is 5.79. The van der Waals surface area contributed by atoms with Gasteiger partial charge in [0.15, 0.2) is 0 Å². The van der Waals surface area contributed by atoms with Gasteiger partial charge in [-0.25, -0.2) is 0 Å². The Bertz CT molecular complexity index is 232. The first kappa shape index (κ1) is 9.29. The average Bonchev–Trinajstić information content (AvgIpc) is 2.52. The van der Waals surface area contributed by atoms with Gasteiger partial charge in [0.25, 0.3) is 0 Å². The van der Waals surface area contributed by atoms with Crippen molar-refractivity contribution in [1.29, 1.82) is 0 Å². The van der Waals surface area contributed by atoms with Crippen LogP contribution in [0.25, 0.3) is 0 Å². The number of aromatic nitrogens is 1. The summed E-state index contributed by atoms with van der Waals surface area (Å²) in [7, 11) is 1.93. The molecule has 68 valence electrons.